The lowest BCUT2D eigenvalue weighted by atomic mass is 10.5. The minimum Gasteiger partial charge on any atom is -0.467 e. The maximum Gasteiger partial charge on any atom is 0.349 e. The van der Waals surface area contributed by atoms with Crippen LogP contribution in [0.1, 0.15) is 22.4 Å². The second kappa shape index (κ2) is 8.53. The van der Waals surface area contributed by atoms with Crippen molar-refractivity contribution in [1.82, 2.24) is 19.7 Å². The van der Waals surface area contributed by atoms with Crippen molar-refractivity contribution in [3.05, 3.63) is 22.1 Å². The first-order chi connectivity index (χ1) is 12.0. The molecule has 0 saturated carbocycles. The fraction of sp³-hybridized carbons (Fsp3) is 0.286. The van der Waals surface area contributed by atoms with Gasteiger partial charge in [-0.3, -0.25) is 10.0 Å². The number of thiophene rings is 1. The van der Waals surface area contributed by atoms with Crippen molar-refractivity contribution >= 4 is 45.3 Å². The van der Waals surface area contributed by atoms with Crippen LogP contribution in [0, 0.1) is 6.92 Å². The molecule has 0 aromatic carbocycles. The number of aromatic nitrogens is 3. The Hall–Kier alpha value is -2.53. The van der Waals surface area contributed by atoms with Gasteiger partial charge in [-0.2, -0.15) is 15.0 Å². The molecular weight excluding hydrogens is 366 g/mol. The van der Waals surface area contributed by atoms with Crippen molar-refractivity contribution < 1.29 is 19.1 Å². The third-order valence-corrected chi connectivity index (χ3v) is 5.52. The Morgan fingerprint density at radius 1 is 1.28 bits per heavy atom. The Morgan fingerprint density at radius 2 is 2.04 bits per heavy atom. The van der Waals surface area contributed by atoms with Crippen LogP contribution in [0.4, 0.5) is 10.7 Å². The van der Waals surface area contributed by atoms with Crippen LogP contribution in [-0.4, -0.2) is 46.5 Å². The minimum absolute atomic E-state index is 0.0695. The van der Waals surface area contributed by atoms with Crippen molar-refractivity contribution in [3.8, 4) is 6.01 Å². The highest BCUT2D eigenvalue weighted by molar-refractivity contribution is 8.13. The summed E-state index contributed by atoms with van der Waals surface area (Å²) in [6, 6.07) is 1.36. The molecule has 2 rings (SSSR count). The number of ether oxygens (including phenoxy) is 2. The lowest BCUT2D eigenvalue weighted by Gasteiger charge is -2.12. The van der Waals surface area contributed by atoms with Gasteiger partial charge in [0.1, 0.15) is 10.7 Å². The van der Waals surface area contributed by atoms with Gasteiger partial charge in [-0.15, -0.1) is 11.3 Å². The molecule has 2 amide bonds. The largest absolute Gasteiger partial charge is 0.467 e. The van der Waals surface area contributed by atoms with Crippen LogP contribution in [-0.2, 0) is 4.74 Å². The molecule has 2 heterocycles. The van der Waals surface area contributed by atoms with E-state index >= 15 is 0 Å². The second-order valence-corrected chi connectivity index (χ2v) is 7.14. The SMILES string of the molecule is C/C=S(/NC(=O)Nc1nc(C)nc(OC)n1)c1ccsc1C(=O)OC. The summed E-state index contributed by atoms with van der Waals surface area (Å²) in [5.41, 5.74) is 0. The van der Waals surface area contributed by atoms with E-state index in [0.717, 1.165) is 0 Å². The van der Waals surface area contributed by atoms with E-state index in [9.17, 15) is 9.59 Å². The van der Waals surface area contributed by atoms with Gasteiger partial charge in [-0.1, -0.05) is 10.7 Å². The summed E-state index contributed by atoms with van der Waals surface area (Å²) in [5, 5.41) is 6.08. The minimum atomic E-state index is -0.794. The van der Waals surface area contributed by atoms with Crippen LogP contribution in [0.15, 0.2) is 16.3 Å². The maximum absolute atomic E-state index is 12.2. The fourth-order valence-electron chi connectivity index (χ4n) is 1.78. The van der Waals surface area contributed by atoms with Crippen LogP contribution < -0.4 is 14.8 Å². The maximum atomic E-state index is 12.2. The number of amides is 2. The zero-order chi connectivity index (χ0) is 18.4. The predicted octanol–water partition coefficient (Wildman–Crippen LogP) is 2.22. The Morgan fingerprint density at radius 3 is 2.68 bits per heavy atom. The molecule has 11 heteroatoms. The standard InChI is InChI=1S/C14H17N5O4S2/c1-5-25(9-6-7-24-10(9)11(20)22-3)19-13(21)17-12-15-8(2)16-14(18-12)23-4/h5-7H,1-4H3,(H2,15,16,17,18,19,21). The number of carbonyl (C=O) groups excluding carboxylic acids is 2. The highest BCUT2D eigenvalue weighted by Crippen LogP contribution is 2.31. The fourth-order valence-corrected chi connectivity index (χ4v) is 4.22. The summed E-state index contributed by atoms with van der Waals surface area (Å²) >= 11 is 1.26. The van der Waals surface area contributed by atoms with Gasteiger partial charge in [0.15, 0.2) is 0 Å². The molecule has 0 spiro atoms. The molecule has 0 aliphatic carbocycles. The highest BCUT2D eigenvalue weighted by atomic mass is 32.2. The highest BCUT2D eigenvalue weighted by Gasteiger charge is 2.17. The Labute approximate surface area is 150 Å². The molecule has 0 aliphatic heterocycles. The average molecular weight is 383 g/mol. The average Bonchev–Trinajstić information content (AvgIpc) is 3.07. The molecule has 1 atom stereocenters. The molecule has 9 nitrogen and oxygen atoms in total. The quantitative estimate of drug-likeness (QED) is 0.601. The van der Waals surface area contributed by atoms with E-state index in [-0.39, 0.29) is 12.0 Å². The van der Waals surface area contributed by atoms with E-state index in [2.05, 4.69) is 25.0 Å². The van der Waals surface area contributed by atoms with E-state index in [4.69, 9.17) is 9.47 Å². The van der Waals surface area contributed by atoms with Crippen molar-refractivity contribution in [3.63, 3.8) is 0 Å². The molecule has 1 unspecified atom stereocenters. The van der Waals surface area contributed by atoms with E-state index < -0.39 is 22.7 Å². The summed E-state index contributed by atoms with van der Waals surface area (Å²) in [4.78, 5) is 37.1. The Kier molecular flexibility index (Phi) is 6.42. The number of rotatable bonds is 5. The summed E-state index contributed by atoms with van der Waals surface area (Å²) in [6.07, 6.45) is 0. The molecule has 134 valence electrons. The van der Waals surface area contributed by atoms with Crippen LogP contribution >= 0.6 is 22.0 Å². The molecule has 0 fully saturated rings. The lowest BCUT2D eigenvalue weighted by Crippen LogP contribution is -2.26. The molecule has 2 aromatic heterocycles. The molecule has 25 heavy (non-hydrogen) atoms. The van der Waals surface area contributed by atoms with Crippen molar-refractivity contribution in [2.45, 2.75) is 18.7 Å². The van der Waals surface area contributed by atoms with Gasteiger partial charge in [-0.05, 0) is 30.7 Å². The van der Waals surface area contributed by atoms with E-state index in [1.165, 1.54) is 25.6 Å². The topological polar surface area (TPSA) is 115 Å². The van der Waals surface area contributed by atoms with Crippen LogP contribution in [0.3, 0.4) is 0 Å². The number of hydrogen-bond acceptors (Lipinski definition) is 8. The first-order valence-electron chi connectivity index (χ1n) is 7.01. The van der Waals surface area contributed by atoms with E-state index in [1.807, 2.05) is 0 Å². The summed E-state index contributed by atoms with van der Waals surface area (Å²) in [5.74, 6) is 0.0402. The molecule has 0 bridgehead atoms. The van der Waals surface area contributed by atoms with Crippen molar-refractivity contribution in [2.75, 3.05) is 19.5 Å². The van der Waals surface area contributed by atoms with Gasteiger partial charge in [0.05, 0.1) is 14.2 Å². The van der Waals surface area contributed by atoms with Gasteiger partial charge >= 0.3 is 18.0 Å². The van der Waals surface area contributed by atoms with Crippen molar-refractivity contribution in [2.24, 2.45) is 0 Å². The lowest BCUT2D eigenvalue weighted by molar-refractivity contribution is 0.0602. The van der Waals surface area contributed by atoms with Gasteiger partial charge in [0.2, 0.25) is 5.95 Å². The smallest absolute Gasteiger partial charge is 0.349 e. The number of urea groups is 1. The second-order valence-electron chi connectivity index (χ2n) is 4.43. The Balaban J connectivity index is 2.15. The zero-order valence-electron chi connectivity index (χ0n) is 14.0. The van der Waals surface area contributed by atoms with Gasteiger partial charge in [0, 0.05) is 4.90 Å². The van der Waals surface area contributed by atoms with Gasteiger partial charge in [-0.25, -0.2) is 9.59 Å². The summed E-state index contributed by atoms with van der Waals surface area (Å²) in [6.45, 7) is 3.45. The molecule has 0 aliphatic rings. The first kappa shape index (κ1) is 18.8. The zero-order valence-corrected chi connectivity index (χ0v) is 15.7. The summed E-state index contributed by atoms with van der Waals surface area (Å²) < 4.78 is 12.5. The van der Waals surface area contributed by atoms with Crippen LogP contribution in [0.5, 0.6) is 6.01 Å². The molecule has 0 saturated heterocycles. The summed E-state index contributed by atoms with van der Waals surface area (Å²) in [7, 11) is 1.95. The predicted molar refractivity (Wildman–Crippen MR) is 96.5 cm³/mol. The number of carbonyl (C=O) groups is 2. The van der Waals surface area contributed by atoms with E-state index in [1.54, 1.807) is 30.7 Å². The van der Waals surface area contributed by atoms with Gasteiger partial charge in [0.25, 0.3) is 0 Å². The molecule has 2 N–H and O–H groups in total. The third-order valence-electron chi connectivity index (χ3n) is 2.81. The van der Waals surface area contributed by atoms with Gasteiger partial charge < -0.3 is 9.47 Å². The van der Waals surface area contributed by atoms with Crippen LogP contribution in [0.25, 0.3) is 0 Å². The van der Waals surface area contributed by atoms with Crippen molar-refractivity contribution in [1.29, 1.82) is 0 Å². The number of nitrogens with zero attached hydrogens (tertiary/aromatic N) is 3. The number of nitrogens with one attached hydrogen (secondary N) is 2. The molecule has 2 aromatic rings. The van der Waals surface area contributed by atoms with Crippen LogP contribution in [0.2, 0.25) is 0 Å². The Bertz CT molecular complexity index is 821. The van der Waals surface area contributed by atoms with E-state index in [0.29, 0.717) is 15.6 Å². The monoisotopic (exact) mass is 383 g/mol. The first-order valence-corrected chi connectivity index (χ1v) is 9.18. The number of anilines is 1. The molecule has 0 radical (unpaired) electrons. The molecular formula is C14H17N5O4S2. The number of hydrogen-bond donors (Lipinski definition) is 2. The normalized spacial score (nSPS) is 11.7. The number of aryl methyl sites for hydroxylation is 1. The number of esters is 1. The third kappa shape index (κ3) is 4.73. The number of methoxy groups -OCH3 is 2.